The van der Waals surface area contributed by atoms with Crippen molar-refractivity contribution in [3.05, 3.63) is 29.0 Å². The van der Waals surface area contributed by atoms with Gasteiger partial charge in [0.25, 0.3) is 0 Å². The van der Waals surface area contributed by atoms with Crippen molar-refractivity contribution in [3.8, 4) is 0 Å². The molecule has 1 aliphatic rings. The zero-order valence-corrected chi connectivity index (χ0v) is 10.9. The van der Waals surface area contributed by atoms with E-state index >= 15 is 0 Å². The van der Waals surface area contributed by atoms with E-state index in [2.05, 4.69) is 17.2 Å². The van der Waals surface area contributed by atoms with Gasteiger partial charge in [0, 0.05) is 30.8 Å². The molecule has 0 aromatic carbocycles. The quantitative estimate of drug-likeness (QED) is 0.811. The maximum absolute atomic E-state index is 9.46. The normalized spacial score (nSPS) is 28.5. The third kappa shape index (κ3) is 2.97. The molecular weight excluding hydrogens is 236 g/mol. The molecule has 0 radical (unpaired) electrons. The van der Waals surface area contributed by atoms with Gasteiger partial charge in [-0.3, -0.25) is 0 Å². The van der Waals surface area contributed by atoms with Crippen molar-refractivity contribution in [2.75, 3.05) is 6.61 Å². The first kappa shape index (κ1) is 12.8. The van der Waals surface area contributed by atoms with Crippen molar-refractivity contribution in [1.29, 1.82) is 0 Å². The number of halogens is 1. The van der Waals surface area contributed by atoms with Gasteiger partial charge in [0.05, 0.1) is 0 Å². The molecule has 4 heteroatoms. The third-order valence-corrected chi connectivity index (χ3v) is 4.01. The molecule has 1 aliphatic carbocycles. The average Bonchev–Trinajstić information content (AvgIpc) is 2.71. The predicted octanol–water partition coefficient (Wildman–Crippen LogP) is 2.38. The molecule has 2 N–H and O–H groups in total. The first-order chi connectivity index (χ1) is 8.14. The highest BCUT2D eigenvalue weighted by Gasteiger charge is 2.37. The minimum Gasteiger partial charge on any atom is -0.396 e. The van der Waals surface area contributed by atoms with Crippen LogP contribution in [0.5, 0.6) is 0 Å². The molecule has 0 aliphatic heterocycles. The van der Waals surface area contributed by atoms with Gasteiger partial charge in [-0.2, -0.15) is 0 Å². The molecule has 94 valence electrons. The molecule has 3 nitrogen and oxygen atoms in total. The first-order valence-corrected chi connectivity index (χ1v) is 6.46. The lowest BCUT2D eigenvalue weighted by Gasteiger charge is -2.30. The van der Waals surface area contributed by atoms with Crippen LogP contribution in [0.4, 0.5) is 0 Å². The summed E-state index contributed by atoms with van der Waals surface area (Å²) in [5, 5.41) is 13.5. The summed E-state index contributed by atoms with van der Waals surface area (Å²) >= 11 is 5.74. The number of nitrogens with zero attached hydrogens (tertiary/aromatic N) is 1. The number of hydrogen-bond donors (Lipinski definition) is 2. The van der Waals surface area contributed by atoms with Gasteiger partial charge in [0.2, 0.25) is 0 Å². The first-order valence-electron chi connectivity index (χ1n) is 6.09. The number of aromatic nitrogens is 1. The molecule has 1 saturated carbocycles. The zero-order chi connectivity index (χ0) is 12.3. The standard InChI is InChI=1S/C13H19ClN2O/c1-13(9-17)6-2-3-11(13)15-7-10-4-5-12(14)16-8-10/h4-5,8,11,15,17H,2-3,6-7,9H2,1H3. The summed E-state index contributed by atoms with van der Waals surface area (Å²) in [6.45, 7) is 3.19. The van der Waals surface area contributed by atoms with Crippen LogP contribution in [-0.4, -0.2) is 22.7 Å². The SMILES string of the molecule is CC1(CO)CCCC1NCc1ccc(Cl)nc1. The highest BCUT2D eigenvalue weighted by atomic mass is 35.5. The van der Waals surface area contributed by atoms with E-state index in [4.69, 9.17) is 11.6 Å². The number of rotatable bonds is 4. The lowest BCUT2D eigenvalue weighted by atomic mass is 9.86. The molecule has 0 saturated heterocycles. The number of pyridine rings is 1. The summed E-state index contributed by atoms with van der Waals surface area (Å²) in [7, 11) is 0. The maximum Gasteiger partial charge on any atom is 0.129 e. The van der Waals surface area contributed by atoms with Crippen LogP contribution in [0.15, 0.2) is 18.3 Å². The molecule has 1 aromatic rings. The molecule has 1 aromatic heterocycles. The Balaban J connectivity index is 1.92. The summed E-state index contributed by atoms with van der Waals surface area (Å²) in [5.41, 5.74) is 1.15. The van der Waals surface area contributed by atoms with Crippen LogP contribution in [0.25, 0.3) is 0 Å². The Hall–Kier alpha value is -0.640. The Morgan fingerprint density at radius 3 is 3.06 bits per heavy atom. The topological polar surface area (TPSA) is 45.1 Å². The Kier molecular flexibility index (Phi) is 4.02. The van der Waals surface area contributed by atoms with E-state index in [-0.39, 0.29) is 12.0 Å². The van der Waals surface area contributed by atoms with E-state index in [0.29, 0.717) is 11.2 Å². The van der Waals surface area contributed by atoms with E-state index in [1.807, 2.05) is 6.07 Å². The molecule has 0 spiro atoms. The van der Waals surface area contributed by atoms with Crippen molar-refractivity contribution in [2.45, 2.75) is 38.8 Å². The Bertz CT molecular complexity index is 368. The fourth-order valence-electron chi connectivity index (χ4n) is 2.52. The van der Waals surface area contributed by atoms with E-state index in [9.17, 15) is 5.11 Å². The van der Waals surface area contributed by atoms with Crippen LogP contribution < -0.4 is 5.32 Å². The van der Waals surface area contributed by atoms with Crippen molar-refractivity contribution < 1.29 is 5.11 Å². The van der Waals surface area contributed by atoms with Crippen LogP contribution in [0.1, 0.15) is 31.7 Å². The van der Waals surface area contributed by atoms with Crippen LogP contribution >= 0.6 is 11.6 Å². The zero-order valence-electron chi connectivity index (χ0n) is 10.1. The monoisotopic (exact) mass is 254 g/mol. The minimum atomic E-state index is 0.0276. The largest absolute Gasteiger partial charge is 0.396 e. The van der Waals surface area contributed by atoms with Crippen molar-refractivity contribution in [3.63, 3.8) is 0 Å². The van der Waals surface area contributed by atoms with Gasteiger partial charge in [-0.25, -0.2) is 4.98 Å². The fourth-order valence-corrected chi connectivity index (χ4v) is 2.63. The molecular formula is C13H19ClN2O. The lowest BCUT2D eigenvalue weighted by Crippen LogP contribution is -2.41. The van der Waals surface area contributed by atoms with Gasteiger partial charge < -0.3 is 10.4 Å². The second kappa shape index (κ2) is 5.34. The maximum atomic E-state index is 9.46. The van der Waals surface area contributed by atoms with Crippen LogP contribution in [0.2, 0.25) is 5.15 Å². The Morgan fingerprint density at radius 1 is 1.59 bits per heavy atom. The van der Waals surface area contributed by atoms with Crippen LogP contribution in [0, 0.1) is 5.41 Å². The minimum absolute atomic E-state index is 0.0276. The Labute approximate surface area is 107 Å². The molecule has 2 atom stereocenters. The highest BCUT2D eigenvalue weighted by Crippen LogP contribution is 2.37. The van der Waals surface area contributed by atoms with Crippen molar-refractivity contribution in [1.82, 2.24) is 10.3 Å². The third-order valence-electron chi connectivity index (χ3n) is 3.78. The van der Waals surface area contributed by atoms with Crippen LogP contribution in [-0.2, 0) is 6.54 Å². The summed E-state index contributed by atoms with van der Waals surface area (Å²) < 4.78 is 0. The summed E-state index contributed by atoms with van der Waals surface area (Å²) in [6, 6.07) is 4.18. The van der Waals surface area contributed by atoms with Gasteiger partial charge >= 0.3 is 0 Å². The lowest BCUT2D eigenvalue weighted by molar-refractivity contribution is 0.118. The molecule has 1 fully saturated rings. The van der Waals surface area contributed by atoms with Gasteiger partial charge in [0.1, 0.15) is 5.15 Å². The van der Waals surface area contributed by atoms with Gasteiger partial charge in [0.15, 0.2) is 0 Å². The fraction of sp³-hybridized carbons (Fsp3) is 0.615. The van der Waals surface area contributed by atoms with Gasteiger partial charge in [-0.15, -0.1) is 0 Å². The number of aliphatic hydroxyl groups excluding tert-OH is 1. The molecule has 0 amide bonds. The summed E-state index contributed by atoms with van der Waals surface area (Å²) in [5.74, 6) is 0. The molecule has 0 bridgehead atoms. The van der Waals surface area contributed by atoms with Crippen molar-refractivity contribution in [2.24, 2.45) is 5.41 Å². The second-order valence-electron chi connectivity index (χ2n) is 5.13. The molecule has 2 unspecified atom stereocenters. The second-order valence-corrected chi connectivity index (χ2v) is 5.51. The summed E-state index contributed by atoms with van der Waals surface area (Å²) in [4.78, 5) is 4.06. The van der Waals surface area contributed by atoms with Gasteiger partial charge in [-0.05, 0) is 24.5 Å². The molecule has 2 rings (SSSR count). The van der Waals surface area contributed by atoms with Gasteiger partial charge in [-0.1, -0.05) is 31.0 Å². The number of aliphatic hydroxyl groups is 1. The number of hydrogen-bond acceptors (Lipinski definition) is 3. The van der Waals surface area contributed by atoms with Crippen molar-refractivity contribution >= 4 is 11.6 Å². The van der Waals surface area contributed by atoms with E-state index in [1.54, 1.807) is 12.3 Å². The average molecular weight is 255 g/mol. The van der Waals surface area contributed by atoms with E-state index < -0.39 is 0 Å². The molecule has 1 heterocycles. The highest BCUT2D eigenvalue weighted by molar-refractivity contribution is 6.29. The predicted molar refractivity (Wildman–Crippen MR) is 68.9 cm³/mol. The smallest absolute Gasteiger partial charge is 0.129 e. The van der Waals surface area contributed by atoms with E-state index in [1.165, 1.54) is 6.42 Å². The van der Waals surface area contributed by atoms with E-state index in [0.717, 1.165) is 24.9 Å². The van der Waals surface area contributed by atoms with Crippen LogP contribution in [0.3, 0.4) is 0 Å². The summed E-state index contributed by atoms with van der Waals surface area (Å²) in [6.07, 6.45) is 5.21. The number of nitrogens with one attached hydrogen (secondary N) is 1. The molecule has 17 heavy (non-hydrogen) atoms. The Morgan fingerprint density at radius 2 is 2.41 bits per heavy atom.